The molecule has 0 radical (unpaired) electrons. The lowest BCUT2D eigenvalue weighted by molar-refractivity contribution is 0.308. The van der Waals surface area contributed by atoms with Crippen molar-refractivity contribution >= 4 is 0 Å². The number of nitrogens with zero attached hydrogens (tertiary/aromatic N) is 3. The molecule has 0 fully saturated rings. The number of hydrogen-bond donors (Lipinski definition) is 1. The fourth-order valence-corrected chi connectivity index (χ4v) is 2.28. The van der Waals surface area contributed by atoms with Crippen LogP contribution in [0.3, 0.4) is 0 Å². The molecular weight excluding hydrogens is 280 g/mol. The van der Waals surface area contributed by atoms with Gasteiger partial charge in [-0.3, -0.25) is 0 Å². The summed E-state index contributed by atoms with van der Waals surface area (Å²) < 4.78 is 12.8. The van der Waals surface area contributed by atoms with Crippen LogP contribution in [-0.2, 0) is 13.0 Å². The second-order valence-electron chi connectivity index (χ2n) is 5.35. The molecule has 0 atom stereocenters. The molecule has 0 aliphatic carbocycles. The average Bonchev–Trinajstić information content (AvgIpc) is 2.95. The highest BCUT2D eigenvalue weighted by Crippen LogP contribution is 2.18. The highest BCUT2D eigenvalue weighted by molar-refractivity contribution is 5.31. The Morgan fingerprint density at radius 3 is 2.45 bits per heavy atom. The van der Waals surface area contributed by atoms with Gasteiger partial charge in [0.05, 0.1) is 25.1 Å². The third-order valence-corrected chi connectivity index (χ3v) is 3.44. The molecule has 0 saturated heterocycles. The number of ether oxygens (including phenoxy) is 2. The van der Waals surface area contributed by atoms with Gasteiger partial charge in [0.1, 0.15) is 11.5 Å². The molecule has 0 bridgehead atoms. The van der Waals surface area contributed by atoms with E-state index in [9.17, 15) is 0 Å². The minimum Gasteiger partial charge on any atom is -0.497 e. The summed E-state index contributed by atoms with van der Waals surface area (Å²) in [7, 11) is 1.65. The van der Waals surface area contributed by atoms with Gasteiger partial charge in [-0.1, -0.05) is 5.21 Å². The Morgan fingerprint density at radius 1 is 1.18 bits per heavy atom. The van der Waals surface area contributed by atoms with Crippen molar-refractivity contribution in [2.75, 3.05) is 13.7 Å². The van der Waals surface area contributed by atoms with Crippen molar-refractivity contribution in [2.24, 2.45) is 5.73 Å². The van der Waals surface area contributed by atoms with Crippen LogP contribution in [0.2, 0.25) is 0 Å². The van der Waals surface area contributed by atoms with Crippen molar-refractivity contribution in [1.82, 2.24) is 15.0 Å². The first-order valence-corrected chi connectivity index (χ1v) is 7.55. The summed E-state index contributed by atoms with van der Waals surface area (Å²) in [6, 6.07) is 7.87. The topological polar surface area (TPSA) is 75.2 Å². The zero-order valence-corrected chi connectivity index (χ0v) is 13.5. The highest BCUT2D eigenvalue weighted by atomic mass is 16.5. The summed E-state index contributed by atoms with van der Waals surface area (Å²) in [4.78, 5) is 0. The van der Waals surface area contributed by atoms with Gasteiger partial charge in [0.25, 0.3) is 0 Å². The first kappa shape index (κ1) is 16.3. The maximum Gasteiger partial charge on any atom is 0.119 e. The average molecular weight is 304 g/mol. The van der Waals surface area contributed by atoms with Crippen LogP contribution in [0.4, 0.5) is 0 Å². The van der Waals surface area contributed by atoms with Crippen LogP contribution in [0.15, 0.2) is 24.3 Å². The zero-order chi connectivity index (χ0) is 15.9. The molecule has 2 N–H and O–H groups in total. The van der Waals surface area contributed by atoms with E-state index in [0.29, 0.717) is 13.2 Å². The number of methoxy groups -OCH3 is 1. The lowest BCUT2D eigenvalue weighted by atomic mass is 10.2. The van der Waals surface area contributed by atoms with E-state index in [1.54, 1.807) is 7.11 Å². The molecule has 0 unspecified atom stereocenters. The Balaban J connectivity index is 1.86. The second kappa shape index (κ2) is 7.79. The lowest BCUT2D eigenvalue weighted by Crippen LogP contribution is -2.11. The summed E-state index contributed by atoms with van der Waals surface area (Å²) in [6.07, 6.45) is 1.74. The van der Waals surface area contributed by atoms with Gasteiger partial charge in [-0.2, -0.15) is 0 Å². The molecule has 1 aromatic heterocycles. The molecule has 0 spiro atoms. The summed E-state index contributed by atoms with van der Waals surface area (Å²) >= 11 is 0. The number of hydrogen-bond acceptors (Lipinski definition) is 5. The van der Waals surface area contributed by atoms with Gasteiger partial charge in [0.15, 0.2) is 0 Å². The third kappa shape index (κ3) is 3.98. The number of aromatic nitrogens is 3. The van der Waals surface area contributed by atoms with E-state index < -0.39 is 0 Å². The Morgan fingerprint density at radius 2 is 1.86 bits per heavy atom. The smallest absolute Gasteiger partial charge is 0.119 e. The molecule has 0 saturated carbocycles. The molecule has 0 aliphatic heterocycles. The second-order valence-corrected chi connectivity index (χ2v) is 5.35. The van der Waals surface area contributed by atoms with Crippen molar-refractivity contribution in [3.05, 3.63) is 35.7 Å². The van der Waals surface area contributed by atoms with Crippen LogP contribution in [0.25, 0.3) is 0 Å². The van der Waals surface area contributed by atoms with Crippen LogP contribution >= 0.6 is 0 Å². The monoisotopic (exact) mass is 304 g/mol. The van der Waals surface area contributed by atoms with Gasteiger partial charge >= 0.3 is 0 Å². The minimum atomic E-state index is 0.283. The molecule has 1 aromatic carbocycles. The van der Waals surface area contributed by atoms with Crippen molar-refractivity contribution in [3.63, 3.8) is 0 Å². The van der Waals surface area contributed by atoms with Crippen molar-refractivity contribution in [2.45, 2.75) is 39.3 Å². The zero-order valence-electron chi connectivity index (χ0n) is 13.5. The molecule has 1 heterocycles. The molecule has 6 nitrogen and oxygen atoms in total. The fraction of sp³-hybridized carbons (Fsp3) is 0.500. The van der Waals surface area contributed by atoms with Gasteiger partial charge in [-0.15, -0.1) is 5.10 Å². The van der Waals surface area contributed by atoms with Crippen LogP contribution in [0.5, 0.6) is 11.5 Å². The molecular formula is C16H24N4O2. The lowest BCUT2D eigenvalue weighted by Gasteiger charge is -2.11. The van der Waals surface area contributed by atoms with Crippen molar-refractivity contribution in [3.8, 4) is 11.5 Å². The van der Waals surface area contributed by atoms with E-state index in [1.165, 1.54) is 0 Å². The Bertz CT molecular complexity index is 578. The Labute approximate surface area is 131 Å². The van der Waals surface area contributed by atoms with Crippen molar-refractivity contribution < 1.29 is 9.47 Å². The number of rotatable bonds is 8. The van der Waals surface area contributed by atoms with Gasteiger partial charge in [0.2, 0.25) is 0 Å². The van der Waals surface area contributed by atoms with E-state index in [4.69, 9.17) is 15.2 Å². The van der Waals surface area contributed by atoms with Crippen LogP contribution in [0.1, 0.15) is 37.7 Å². The molecule has 0 amide bonds. The van der Waals surface area contributed by atoms with E-state index in [0.717, 1.165) is 35.7 Å². The van der Waals surface area contributed by atoms with Gasteiger partial charge in [-0.25, -0.2) is 4.68 Å². The molecule has 6 heteroatoms. The maximum atomic E-state index is 5.74. The van der Waals surface area contributed by atoms with Gasteiger partial charge < -0.3 is 15.2 Å². The highest BCUT2D eigenvalue weighted by Gasteiger charge is 2.13. The molecule has 2 aromatic rings. The summed E-state index contributed by atoms with van der Waals surface area (Å²) in [6.45, 7) is 5.24. The quantitative estimate of drug-likeness (QED) is 0.758. The maximum absolute atomic E-state index is 5.74. The predicted molar refractivity (Wildman–Crippen MR) is 85.1 cm³/mol. The van der Waals surface area contributed by atoms with E-state index in [1.807, 2.05) is 28.9 Å². The van der Waals surface area contributed by atoms with E-state index in [-0.39, 0.29) is 6.04 Å². The minimum absolute atomic E-state index is 0.283. The normalized spacial score (nSPS) is 11.0. The van der Waals surface area contributed by atoms with Crippen LogP contribution in [0, 0.1) is 0 Å². The van der Waals surface area contributed by atoms with Gasteiger partial charge in [-0.05, 0) is 51.0 Å². The summed E-state index contributed by atoms with van der Waals surface area (Å²) in [5.41, 5.74) is 7.71. The Hall–Kier alpha value is -2.08. The van der Waals surface area contributed by atoms with Crippen LogP contribution < -0.4 is 15.2 Å². The molecule has 0 aliphatic rings. The number of nitrogens with two attached hydrogens (primary N) is 1. The predicted octanol–water partition coefficient (Wildman–Crippen LogP) is 2.34. The molecule has 2 rings (SSSR count). The largest absolute Gasteiger partial charge is 0.497 e. The fourth-order valence-electron chi connectivity index (χ4n) is 2.28. The van der Waals surface area contributed by atoms with E-state index >= 15 is 0 Å². The molecule has 22 heavy (non-hydrogen) atoms. The first-order chi connectivity index (χ1) is 10.7. The molecule has 120 valence electrons. The van der Waals surface area contributed by atoms with Crippen molar-refractivity contribution in [1.29, 1.82) is 0 Å². The third-order valence-electron chi connectivity index (χ3n) is 3.44. The number of benzene rings is 1. The summed E-state index contributed by atoms with van der Waals surface area (Å²) in [5.74, 6) is 1.67. The van der Waals surface area contributed by atoms with Gasteiger partial charge in [0, 0.05) is 12.6 Å². The Kier molecular flexibility index (Phi) is 5.77. The van der Waals surface area contributed by atoms with Crippen LogP contribution in [-0.4, -0.2) is 28.7 Å². The SMILES string of the molecule is COc1ccc(OCCCc2c(CN)nnn2C(C)C)cc1. The standard InChI is InChI=1S/C16H24N4O2/c1-12(2)20-16(15(11-17)18-19-20)5-4-10-22-14-8-6-13(21-3)7-9-14/h6-9,12H,4-5,10-11,17H2,1-3H3. The van der Waals surface area contributed by atoms with E-state index in [2.05, 4.69) is 24.2 Å². The summed E-state index contributed by atoms with van der Waals surface area (Å²) in [5, 5.41) is 8.32. The first-order valence-electron chi connectivity index (χ1n) is 7.55.